The Balaban J connectivity index is 1.16. The van der Waals surface area contributed by atoms with E-state index in [4.69, 9.17) is 26.1 Å². The van der Waals surface area contributed by atoms with Crippen LogP contribution in [-0.2, 0) is 31.3 Å². The molecule has 1 aromatic carbocycles. The number of benzene rings is 1. The number of methoxy groups -OCH3 is 1. The topological polar surface area (TPSA) is 139 Å². The summed E-state index contributed by atoms with van der Waals surface area (Å²) in [5, 5.41) is 3.86. The quantitative estimate of drug-likeness (QED) is 0.369. The first kappa shape index (κ1) is 34.6. The molecule has 1 N–H and O–H groups in total. The van der Waals surface area contributed by atoms with Crippen LogP contribution in [-0.4, -0.2) is 113 Å². The number of nitrogens with one attached hydrogen (secondary N) is 1. The predicted molar refractivity (Wildman–Crippen MR) is 188 cm³/mol. The number of fused-ring (bicyclic) bond motifs is 2. The number of ether oxygens (including phenoxy) is 2. The Bertz CT molecular complexity index is 1910. The molecule has 2 amide bonds. The van der Waals surface area contributed by atoms with Crippen molar-refractivity contribution in [3.63, 3.8) is 0 Å². The van der Waals surface area contributed by atoms with Crippen LogP contribution in [0.4, 0.5) is 4.79 Å². The van der Waals surface area contributed by atoms with Crippen molar-refractivity contribution in [2.45, 2.75) is 49.5 Å². The molecule has 0 radical (unpaired) electrons. The minimum Gasteiger partial charge on any atom is -0.446 e. The monoisotopic (exact) mass is 723 g/mol. The summed E-state index contributed by atoms with van der Waals surface area (Å²) in [6.45, 7) is 2.73. The number of halogens is 1. The van der Waals surface area contributed by atoms with E-state index >= 15 is 0 Å². The number of carbonyl (C=O) groups is 2. The van der Waals surface area contributed by atoms with Crippen LogP contribution >= 0.6 is 11.6 Å². The number of amides is 2. The van der Waals surface area contributed by atoms with Gasteiger partial charge in [-0.3, -0.25) is 14.7 Å². The van der Waals surface area contributed by atoms with Gasteiger partial charge in [0.25, 0.3) is 5.91 Å². The molecule has 2 atom stereocenters. The van der Waals surface area contributed by atoms with Crippen LogP contribution in [0.1, 0.15) is 65.8 Å². The number of aromatic nitrogens is 3. The number of pyridine rings is 1. The molecular weight excluding hydrogens is 682 g/mol. The SMILES string of the molecule is COC1(C(=O)N[C@H](C2=Cc3cccnc3[C@@H](N3CCN(C(=O)OC4CCN(S(C)(=O)=O)CC4)CC3)c3ccc(Cl)cc32)c2cncn2C)CC1. The number of aryl methyl sites for hydroxylation is 1. The van der Waals surface area contributed by atoms with Gasteiger partial charge in [-0.2, -0.15) is 0 Å². The van der Waals surface area contributed by atoms with Gasteiger partial charge < -0.3 is 24.3 Å². The smallest absolute Gasteiger partial charge is 0.410 e. The molecule has 13 nitrogen and oxygen atoms in total. The molecule has 0 unspecified atom stereocenters. The van der Waals surface area contributed by atoms with Crippen LogP contribution in [0.2, 0.25) is 5.02 Å². The molecule has 3 aromatic rings. The van der Waals surface area contributed by atoms with Gasteiger partial charge in [-0.15, -0.1) is 0 Å². The van der Waals surface area contributed by atoms with Crippen molar-refractivity contribution >= 4 is 45.3 Å². The fraction of sp³-hybridized carbons (Fsp3) is 0.486. The van der Waals surface area contributed by atoms with E-state index in [2.05, 4.69) is 21.3 Å². The minimum absolute atomic E-state index is 0.174. The first-order valence-corrected chi connectivity index (χ1v) is 19.1. The highest BCUT2D eigenvalue weighted by molar-refractivity contribution is 7.88. The maximum atomic E-state index is 13.7. The van der Waals surface area contributed by atoms with E-state index in [1.165, 1.54) is 10.6 Å². The van der Waals surface area contributed by atoms with Crippen molar-refractivity contribution in [2.75, 3.05) is 52.6 Å². The molecule has 266 valence electrons. The lowest BCUT2D eigenvalue weighted by Crippen LogP contribution is -2.51. The van der Waals surface area contributed by atoms with E-state index < -0.39 is 21.7 Å². The summed E-state index contributed by atoms with van der Waals surface area (Å²) in [5.41, 5.74) is 4.47. The predicted octanol–water partition coefficient (Wildman–Crippen LogP) is 3.63. The minimum atomic E-state index is -3.26. The maximum absolute atomic E-state index is 13.7. The first-order valence-electron chi connectivity index (χ1n) is 16.9. The van der Waals surface area contributed by atoms with Crippen molar-refractivity contribution in [3.8, 4) is 0 Å². The molecule has 15 heteroatoms. The van der Waals surface area contributed by atoms with Crippen LogP contribution in [0.25, 0.3) is 11.6 Å². The zero-order valence-electron chi connectivity index (χ0n) is 28.4. The number of rotatable bonds is 8. The molecule has 0 bridgehead atoms. The zero-order chi connectivity index (χ0) is 35.2. The van der Waals surface area contributed by atoms with Crippen molar-refractivity contribution in [3.05, 3.63) is 82.2 Å². The Hall–Kier alpha value is -3.82. The summed E-state index contributed by atoms with van der Waals surface area (Å²) in [6, 6.07) is 8.97. The number of piperazine rings is 1. The third-order valence-corrected chi connectivity index (χ3v) is 11.9. The van der Waals surface area contributed by atoms with Gasteiger partial charge in [0.1, 0.15) is 11.7 Å². The average molecular weight is 724 g/mol. The molecule has 4 heterocycles. The number of piperidine rings is 1. The van der Waals surface area contributed by atoms with E-state index in [-0.39, 0.29) is 24.1 Å². The Kier molecular flexibility index (Phi) is 9.50. The second kappa shape index (κ2) is 13.7. The van der Waals surface area contributed by atoms with Gasteiger partial charge >= 0.3 is 6.09 Å². The number of hydrogen-bond donors (Lipinski definition) is 1. The van der Waals surface area contributed by atoms with Crippen LogP contribution < -0.4 is 5.32 Å². The lowest BCUT2D eigenvalue weighted by atomic mass is 9.89. The highest BCUT2D eigenvalue weighted by Gasteiger charge is 2.51. The lowest BCUT2D eigenvalue weighted by Gasteiger charge is -2.40. The summed E-state index contributed by atoms with van der Waals surface area (Å²) in [5.74, 6) is -0.174. The zero-order valence-corrected chi connectivity index (χ0v) is 30.0. The van der Waals surface area contributed by atoms with Crippen LogP contribution in [0.15, 0.2) is 49.1 Å². The molecule has 7 rings (SSSR count). The normalized spacial score (nSPS) is 21.7. The largest absolute Gasteiger partial charge is 0.446 e. The Morgan fingerprint density at radius 1 is 1.08 bits per heavy atom. The molecule has 4 aliphatic rings. The third kappa shape index (κ3) is 6.79. The van der Waals surface area contributed by atoms with Gasteiger partial charge in [0.2, 0.25) is 10.0 Å². The molecule has 0 spiro atoms. The van der Waals surface area contributed by atoms with Gasteiger partial charge in [0.15, 0.2) is 0 Å². The summed E-state index contributed by atoms with van der Waals surface area (Å²) in [6.07, 6.45) is 10.1. The maximum Gasteiger partial charge on any atom is 0.410 e. The summed E-state index contributed by atoms with van der Waals surface area (Å²) >= 11 is 6.70. The second-order valence-electron chi connectivity index (χ2n) is 13.5. The summed E-state index contributed by atoms with van der Waals surface area (Å²) in [4.78, 5) is 40.3. The molecular formula is C35H42ClN7O6S. The van der Waals surface area contributed by atoms with E-state index in [0.717, 1.165) is 33.7 Å². The van der Waals surface area contributed by atoms with Gasteiger partial charge in [0, 0.05) is 64.6 Å². The Morgan fingerprint density at radius 3 is 2.46 bits per heavy atom. The van der Waals surface area contributed by atoms with E-state index in [1.54, 1.807) is 30.7 Å². The Morgan fingerprint density at radius 2 is 1.82 bits per heavy atom. The van der Waals surface area contributed by atoms with E-state index in [1.807, 2.05) is 41.9 Å². The van der Waals surface area contributed by atoms with Crippen LogP contribution in [0.3, 0.4) is 0 Å². The van der Waals surface area contributed by atoms with Gasteiger partial charge in [-0.05, 0) is 72.2 Å². The molecule has 2 aromatic heterocycles. The third-order valence-electron chi connectivity index (χ3n) is 10.4. The molecule has 2 saturated heterocycles. The van der Waals surface area contributed by atoms with Crippen molar-refractivity contribution in [2.24, 2.45) is 7.05 Å². The molecule has 50 heavy (non-hydrogen) atoms. The Labute approximate surface area is 297 Å². The molecule has 3 fully saturated rings. The van der Waals surface area contributed by atoms with Gasteiger partial charge in [-0.1, -0.05) is 23.7 Å². The number of imidazole rings is 1. The number of sulfonamides is 1. The first-order chi connectivity index (χ1) is 24.0. The van der Waals surface area contributed by atoms with Gasteiger partial charge in [0.05, 0.1) is 42.3 Å². The van der Waals surface area contributed by atoms with E-state index in [9.17, 15) is 18.0 Å². The number of nitrogens with zero attached hydrogens (tertiary/aromatic N) is 6. The van der Waals surface area contributed by atoms with E-state index in [0.29, 0.717) is 70.0 Å². The molecule has 1 saturated carbocycles. The lowest BCUT2D eigenvalue weighted by molar-refractivity contribution is -0.134. The van der Waals surface area contributed by atoms with Crippen molar-refractivity contribution in [1.82, 2.24) is 34.0 Å². The highest BCUT2D eigenvalue weighted by atomic mass is 35.5. The fourth-order valence-electron chi connectivity index (χ4n) is 7.32. The standard InChI is InChI=1S/C35H42ClN7O6S/c1-40-22-37-21-29(40)31(39-33(44)35(48-2)10-11-35)28-19-23-5-4-12-38-30(23)32(26-7-6-24(36)20-27(26)28)41-15-17-42(18-16-41)34(45)49-25-8-13-43(14-9-25)50(3,46)47/h4-7,12,19-22,25,31-32H,8-11,13-18H2,1-3H3,(H,39,44)/t31-,32+/m1/s1. The van der Waals surface area contributed by atoms with Crippen LogP contribution in [0, 0.1) is 0 Å². The summed E-state index contributed by atoms with van der Waals surface area (Å²) in [7, 11) is 0.215. The average Bonchev–Trinajstić information content (AvgIpc) is 3.83. The molecule has 2 aliphatic carbocycles. The molecule has 2 aliphatic heterocycles. The summed E-state index contributed by atoms with van der Waals surface area (Å²) < 4.78 is 38.6. The van der Waals surface area contributed by atoms with Crippen molar-refractivity contribution < 1.29 is 27.5 Å². The number of hydrogen-bond acceptors (Lipinski definition) is 9. The fourth-order valence-corrected chi connectivity index (χ4v) is 8.36. The number of carbonyl (C=O) groups excluding carboxylic acids is 2. The van der Waals surface area contributed by atoms with Crippen molar-refractivity contribution in [1.29, 1.82) is 0 Å². The van der Waals surface area contributed by atoms with Gasteiger partial charge in [-0.25, -0.2) is 22.5 Å². The highest BCUT2D eigenvalue weighted by Crippen LogP contribution is 2.46. The van der Waals surface area contributed by atoms with Crippen LogP contribution in [0.5, 0.6) is 0 Å². The second-order valence-corrected chi connectivity index (χ2v) is 15.9.